The van der Waals surface area contributed by atoms with Crippen molar-refractivity contribution in [2.75, 3.05) is 13.7 Å². The molecule has 1 aromatic rings. The quantitative estimate of drug-likeness (QED) is 0.803. The van der Waals surface area contributed by atoms with Crippen LogP contribution in [0.4, 0.5) is 0 Å². The van der Waals surface area contributed by atoms with Crippen molar-refractivity contribution < 1.29 is 14.3 Å². The number of hydrogen-bond acceptors (Lipinski definition) is 4. The zero-order chi connectivity index (χ0) is 14.5. The normalized spacial score (nSPS) is 12.9. The van der Waals surface area contributed by atoms with Gasteiger partial charge in [0.1, 0.15) is 11.3 Å². The zero-order valence-corrected chi connectivity index (χ0v) is 12.3. The summed E-state index contributed by atoms with van der Waals surface area (Å²) in [6.45, 7) is 8.24. The third-order valence-corrected chi connectivity index (χ3v) is 2.96. The molecule has 106 valence electrons. The fraction of sp³-hybridized carbons (Fsp3) is 0.533. The van der Waals surface area contributed by atoms with Crippen LogP contribution < -0.4 is 10.1 Å². The highest BCUT2D eigenvalue weighted by molar-refractivity contribution is 5.79. The van der Waals surface area contributed by atoms with E-state index in [-0.39, 0.29) is 12.0 Å². The first-order chi connectivity index (χ1) is 8.90. The van der Waals surface area contributed by atoms with Gasteiger partial charge in [0.25, 0.3) is 0 Å². The topological polar surface area (TPSA) is 47.6 Å². The average molecular weight is 265 g/mol. The Balaban J connectivity index is 2.72. The van der Waals surface area contributed by atoms with Crippen LogP contribution in [-0.2, 0) is 9.53 Å². The SMILES string of the molecule is CCOc1ccc(C(C)NC(C)(C)C(=O)OC)cc1. The highest BCUT2D eigenvalue weighted by Gasteiger charge is 2.30. The molecule has 0 saturated heterocycles. The third-order valence-electron chi connectivity index (χ3n) is 2.96. The van der Waals surface area contributed by atoms with Gasteiger partial charge < -0.3 is 9.47 Å². The van der Waals surface area contributed by atoms with Crippen molar-refractivity contribution >= 4 is 5.97 Å². The Hall–Kier alpha value is -1.55. The molecule has 0 saturated carbocycles. The number of benzene rings is 1. The minimum atomic E-state index is -0.716. The first kappa shape index (κ1) is 15.5. The Kier molecular flexibility index (Phi) is 5.36. The van der Waals surface area contributed by atoms with Gasteiger partial charge >= 0.3 is 5.97 Å². The second-order valence-electron chi connectivity index (χ2n) is 4.98. The lowest BCUT2D eigenvalue weighted by Crippen LogP contribution is -2.48. The molecule has 4 nitrogen and oxygen atoms in total. The molecule has 1 rings (SSSR count). The van der Waals surface area contributed by atoms with Crippen LogP contribution in [0, 0.1) is 0 Å². The van der Waals surface area contributed by atoms with Crippen LogP contribution in [0.3, 0.4) is 0 Å². The largest absolute Gasteiger partial charge is 0.494 e. The summed E-state index contributed by atoms with van der Waals surface area (Å²) in [6, 6.07) is 7.90. The van der Waals surface area contributed by atoms with Crippen LogP contribution >= 0.6 is 0 Å². The van der Waals surface area contributed by atoms with Crippen molar-refractivity contribution in [3.05, 3.63) is 29.8 Å². The van der Waals surface area contributed by atoms with Crippen LogP contribution in [0.15, 0.2) is 24.3 Å². The van der Waals surface area contributed by atoms with E-state index in [2.05, 4.69) is 5.32 Å². The van der Waals surface area contributed by atoms with Crippen LogP contribution in [0.1, 0.15) is 39.3 Å². The van der Waals surface area contributed by atoms with Crippen molar-refractivity contribution in [3.63, 3.8) is 0 Å². The van der Waals surface area contributed by atoms with Gasteiger partial charge in [-0.05, 0) is 45.4 Å². The van der Waals surface area contributed by atoms with Gasteiger partial charge in [0.2, 0.25) is 0 Å². The second kappa shape index (κ2) is 6.57. The minimum Gasteiger partial charge on any atom is -0.494 e. The van der Waals surface area contributed by atoms with E-state index in [0.29, 0.717) is 6.61 Å². The van der Waals surface area contributed by atoms with E-state index >= 15 is 0 Å². The van der Waals surface area contributed by atoms with Gasteiger partial charge in [0.15, 0.2) is 0 Å². The lowest BCUT2D eigenvalue weighted by atomic mass is 10.0. The molecule has 0 aliphatic heterocycles. The summed E-state index contributed by atoms with van der Waals surface area (Å²) in [4.78, 5) is 11.6. The Labute approximate surface area is 115 Å². The molecule has 0 spiro atoms. The summed E-state index contributed by atoms with van der Waals surface area (Å²) in [6.07, 6.45) is 0. The molecule has 0 aliphatic carbocycles. The number of hydrogen-bond donors (Lipinski definition) is 1. The highest BCUT2D eigenvalue weighted by Crippen LogP contribution is 2.20. The Morgan fingerprint density at radius 1 is 1.32 bits per heavy atom. The second-order valence-corrected chi connectivity index (χ2v) is 4.98. The van der Waals surface area contributed by atoms with E-state index in [0.717, 1.165) is 11.3 Å². The third kappa shape index (κ3) is 4.24. The number of methoxy groups -OCH3 is 1. The minimum absolute atomic E-state index is 0.0461. The molecule has 19 heavy (non-hydrogen) atoms. The maximum absolute atomic E-state index is 11.6. The van der Waals surface area contributed by atoms with Gasteiger partial charge in [-0.1, -0.05) is 12.1 Å². The lowest BCUT2D eigenvalue weighted by molar-refractivity contribution is -0.147. The molecule has 1 N–H and O–H groups in total. The van der Waals surface area contributed by atoms with Crippen molar-refractivity contribution in [2.45, 2.75) is 39.3 Å². The molecule has 0 heterocycles. The van der Waals surface area contributed by atoms with E-state index in [1.54, 1.807) is 0 Å². The number of rotatable bonds is 6. The summed E-state index contributed by atoms with van der Waals surface area (Å²) < 4.78 is 10.2. The van der Waals surface area contributed by atoms with Gasteiger partial charge in [0.05, 0.1) is 13.7 Å². The fourth-order valence-corrected chi connectivity index (χ4v) is 1.96. The molecular weight excluding hydrogens is 242 g/mol. The smallest absolute Gasteiger partial charge is 0.325 e. The van der Waals surface area contributed by atoms with E-state index < -0.39 is 5.54 Å². The average Bonchev–Trinajstić information content (AvgIpc) is 2.38. The number of nitrogens with one attached hydrogen (secondary N) is 1. The maximum Gasteiger partial charge on any atom is 0.325 e. The molecule has 0 radical (unpaired) electrons. The van der Waals surface area contributed by atoms with Gasteiger partial charge in [-0.25, -0.2) is 0 Å². The summed E-state index contributed by atoms with van der Waals surface area (Å²) in [7, 11) is 1.40. The highest BCUT2D eigenvalue weighted by atomic mass is 16.5. The van der Waals surface area contributed by atoms with Crippen molar-refractivity contribution in [2.24, 2.45) is 0 Å². The number of carbonyl (C=O) groups is 1. The van der Waals surface area contributed by atoms with Crippen LogP contribution in [0.5, 0.6) is 5.75 Å². The predicted molar refractivity (Wildman–Crippen MR) is 75.3 cm³/mol. The monoisotopic (exact) mass is 265 g/mol. The molecule has 1 unspecified atom stereocenters. The molecule has 4 heteroatoms. The first-order valence-corrected chi connectivity index (χ1v) is 6.49. The molecule has 1 atom stereocenters. The molecule has 1 aromatic carbocycles. The Morgan fingerprint density at radius 3 is 2.37 bits per heavy atom. The molecule has 0 amide bonds. The van der Waals surface area contributed by atoms with Gasteiger partial charge in [-0.3, -0.25) is 10.1 Å². The van der Waals surface area contributed by atoms with Crippen molar-refractivity contribution in [1.29, 1.82) is 0 Å². The van der Waals surface area contributed by atoms with Gasteiger partial charge in [-0.2, -0.15) is 0 Å². The molecule has 0 fully saturated rings. The van der Waals surface area contributed by atoms with Gasteiger partial charge in [-0.15, -0.1) is 0 Å². The van der Waals surface area contributed by atoms with Crippen molar-refractivity contribution in [1.82, 2.24) is 5.32 Å². The summed E-state index contributed by atoms with van der Waals surface area (Å²) in [5, 5.41) is 3.26. The van der Waals surface area contributed by atoms with Gasteiger partial charge in [0, 0.05) is 6.04 Å². The van der Waals surface area contributed by atoms with Crippen LogP contribution in [0.2, 0.25) is 0 Å². The van der Waals surface area contributed by atoms with E-state index in [4.69, 9.17) is 9.47 Å². The molecule has 0 aliphatic rings. The molecule has 0 bridgehead atoms. The number of esters is 1. The van der Waals surface area contributed by atoms with Crippen molar-refractivity contribution in [3.8, 4) is 5.75 Å². The Morgan fingerprint density at radius 2 is 1.89 bits per heavy atom. The molecule has 0 aromatic heterocycles. The van der Waals surface area contributed by atoms with E-state index in [1.165, 1.54) is 7.11 Å². The van der Waals surface area contributed by atoms with Crippen LogP contribution in [-0.4, -0.2) is 25.2 Å². The maximum atomic E-state index is 11.6. The standard InChI is InChI=1S/C15H23NO3/c1-6-19-13-9-7-12(8-10-13)11(2)16-15(3,4)14(17)18-5/h7-11,16H,6H2,1-5H3. The fourth-order valence-electron chi connectivity index (χ4n) is 1.96. The number of ether oxygens (including phenoxy) is 2. The van der Waals surface area contributed by atoms with E-state index in [1.807, 2.05) is 52.0 Å². The lowest BCUT2D eigenvalue weighted by Gasteiger charge is -2.27. The summed E-state index contributed by atoms with van der Waals surface area (Å²) in [5.41, 5.74) is 0.382. The zero-order valence-electron chi connectivity index (χ0n) is 12.3. The summed E-state index contributed by atoms with van der Waals surface area (Å²) in [5.74, 6) is 0.580. The van der Waals surface area contributed by atoms with E-state index in [9.17, 15) is 4.79 Å². The van der Waals surface area contributed by atoms with Crippen LogP contribution in [0.25, 0.3) is 0 Å². The predicted octanol–water partition coefficient (Wildman–Crippen LogP) is 2.69. The Bertz CT molecular complexity index is 412. The number of carbonyl (C=O) groups excluding carboxylic acids is 1. The first-order valence-electron chi connectivity index (χ1n) is 6.49. The molecular formula is C15H23NO3. The summed E-state index contributed by atoms with van der Waals surface area (Å²) >= 11 is 0.